The van der Waals surface area contributed by atoms with Gasteiger partial charge < -0.3 is 14.0 Å². The molecular formula is C29H29ClN6O2. The van der Waals surface area contributed by atoms with Crippen LogP contribution in [0.2, 0.25) is 5.02 Å². The van der Waals surface area contributed by atoms with E-state index >= 15 is 0 Å². The minimum Gasteiger partial charge on any atom is -0.474 e. The van der Waals surface area contributed by atoms with Crippen LogP contribution in [0, 0.1) is 6.57 Å². The SMILES string of the molecule is [C-]#[N+]c1ccc2c(c1)nc(CN1CCC(Oc3ccnc(Cc4ccc(Cl)cc4)n3)CC1)n2C[C@@H]1CCO1. The smallest absolute Gasteiger partial charge is 0.216 e. The Morgan fingerprint density at radius 2 is 1.87 bits per heavy atom. The van der Waals surface area contributed by atoms with Crippen molar-refractivity contribution in [3.8, 4) is 5.88 Å². The number of imidazole rings is 1. The van der Waals surface area contributed by atoms with Crippen molar-refractivity contribution in [3.05, 3.63) is 88.4 Å². The van der Waals surface area contributed by atoms with E-state index in [4.69, 9.17) is 32.6 Å². The molecule has 0 unspecified atom stereocenters. The summed E-state index contributed by atoms with van der Waals surface area (Å²) < 4.78 is 14.3. The average molecular weight is 529 g/mol. The first-order chi connectivity index (χ1) is 18.6. The summed E-state index contributed by atoms with van der Waals surface area (Å²) in [7, 11) is 0. The third kappa shape index (κ3) is 5.65. The molecule has 4 aromatic rings. The van der Waals surface area contributed by atoms with Crippen molar-refractivity contribution in [1.29, 1.82) is 0 Å². The largest absolute Gasteiger partial charge is 0.474 e. The van der Waals surface area contributed by atoms with Gasteiger partial charge >= 0.3 is 0 Å². The normalized spacial score (nSPS) is 18.3. The molecule has 0 radical (unpaired) electrons. The zero-order valence-electron chi connectivity index (χ0n) is 21.1. The van der Waals surface area contributed by atoms with Crippen LogP contribution < -0.4 is 4.74 Å². The van der Waals surface area contributed by atoms with Crippen LogP contribution in [0.1, 0.15) is 36.5 Å². The molecule has 38 heavy (non-hydrogen) atoms. The first kappa shape index (κ1) is 24.8. The maximum absolute atomic E-state index is 7.34. The van der Waals surface area contributed by atoms with Crippen molar-refractivity contribution in [3.63, 3.8) is 0 Å². The molecule has 9 heteroatoms. The molecule has 2 aromatic carbocycles. The number of likely N-dealkylation sites (tertiary alicyclic amines) is 1. The lowest BCUT2D eigenvalue weighted by Crippen LogP contribution is -2.39. The lowest BCUT2D eigenvalue weighted by molar-refractivity contribution is -0.0592. The molecule has 0 bridgehead atoms. The second-order valence-corrected chi connectivity index (χ2v) is 10.3. The maximum atomic E-state index is 7.34. The highest BCUT2D eigenvalue weighted by atomic mass is 35.5. The van der Waals surface area contributed by atoms with E-state index in [1.165, 1.54) is 0 Å². The van der Waals surface area contributed by atoms with Gasteiger partial charge in [-0.3, -0.25) is 4.90 Å². The lowest BCUT2D eigenvalue weighted by Gasteiger charge is -2.32. The van der Waals surface area contributed by atoms with Crippen molar-refractivity contribution in [2.24, 2.45) is 0 Å². The van der Waals surface area contributed by atoms with E-state index in [1.807, 2.05) is 48.5 Å². The summed E-state index contributed by atoms with van der Waals surface area (Å²) in [4.78, 5) is 20.0. The summed E-state index contributed by atoms with van der Waals surface area (Å²) >= 11 is 6.00. The van der Waals surface area contributed by atoms with Gasteiger partial charge in [0, 0.05) is 43.4 Å². The Bertz CT molecular complexity index is 1450. The van der Waals surface area contributed by atoms with E-state index in [0.29, 0.717) is 18.0 Å². The van der Waals surface area contributed by atoms with Crippen LogP contribution in [-0.4, -0.2) is 56.3 Å². The number of halogens is 1. The standard InChI is InChI=1S/C29H29ClN6O2/c1-31-22-6-7-26-25(17-22)33-28(36(26)18-24-11-15-37-24)19-35-13-9-23(10-14-35)38-29-8-12-32-27(34-29)16-20-2-4-21(30)5-3-20/h2-8,12,17,23-24H,9-11,13-16,18-19H2/t24-/m0/s1. The number of benzene rings is 2. The van der Waals surface area contributed by atoms with Crippen molar-refractivity contribution in [2.75, 3.05) is 19.7 Å². The Labute approximate surface area is 227 Å². The first-order valence-electron chi connectivity index (χ1n) is 13.1. The van der Waals surface area contributed by atoms with Crippen LogP contribution in [0.5, 0.6) is 5.88 Å². The first-order valence-corrected chi connectivity index (χ1v) is 13.4. The molecule has 6 rings (SSSR count). The van der Waals surface area contributed by atoms with Crippen LogP contribution >= 0.6 is 11.6 Å². The molecule has 2 aromatic heterocycles. The highest BCUT2D eigenvalue weighted by molar-refractivity contribution is 6.30. The van der Waals surface area contributed by atoms with Gasteiger partial charge in [0.1, 0.15) is 17.8 Å². The molecule has 0 saturated carbocycles. The highest BCUT2D eigenvalue weighted by Gasteiger charge is 2.25. The van der Waals surface area contributed by atoms with Crippen LogP contribution in [-0.2, 0) is 24.2 Å². The molecule has 0 aliphatic carbocycles. The van der Waals surface area contributed by atoms with Gasteiger partial charge in [-0.2, -0.15) is 4.98 Å². The van der Waals surface area contributed by atoms with Crippen LogP contribution in [0.25, 0.3) is 15.9 Å². The summed E-state index contributed by atoms with van der Waals surface area (Å²) in [6, 6.07) is 15.3. The van der Waals surface area contributed by atoms with E-state index in [-0.39, 0.29) is 12.2 Å². The third-order valence-corrected chi connectivity index (χ3v) is 7.51. The van der Waals surface area contributed by atoms with Crippen molar-refractivity contribution < 1.29 is 9.47 Å². The fourth-order valence-corrected chi connectivity index (χ4v) is 5.19. The van der Waals surface area contributed by atoms with Crippen molar-refractivity contribution >= 4 is 28.3 Å². The molecule has 1 atom stereocenters. The van der Waals surface area contributed by atoms with E-state index in [0.717, 1.165) is 85.3 Å². The van der Waals surface area contributed by atoms with Crippen molar-refractivity contribution in [1.82, 2.24) is 24.4 Å². The van der Waals surface area contributed by atoms with Crippen LogP contribution in [0.15, 0.2) is 54.7 Å². The van der Waals surface area contributed by atoms with Gasteiger partial charge in [0.2, 0.25) is 5.88 Å². The number of hydrogen-bond acceptors (Lipinski definition) is 6. The van der Waals surface area contributed by atoms with Crippen molar-refractivity contribution in [2.45, 2.75) is 51.0 Å². The Morgan fingerprint density at radius 3 is 2.61 bits per heavy atom. The highest BCUT2D eigenvalue weighted by Crippen LogP contribution is 2.26. The van der Waals surface area contributed by atoms with Gasteiger partial charge in [-0.25, -0.2) is 14.8 Å². The molecule has 194 valence electrons. The molecule has 0 amide bonds. The molecule has 2 fully saturated rings. The molecule has 2 aliphatic heterocycles. The van der Waals surface area contributed by atoms with Crippen LogP contribution in [0.4, 0.5) is 5.69 Å². The second kappa shape index (κ2) is 11.1. The molecule has 0 N–H and O–H groups in total. The fourth-order valence-electron chi connectivity index (χ4n) is 5.07. The summed E-state index contributed by atoms with van der Waals surface area (Å²) in [5.41, 5.74) is 3.68. The Hall–Kier alpha value is -3.51. The second-order valence-electron chi connectivity index (χ2n) is 9.91. The summed E-state index contributed by atoms with van der Waals surface area (Å²) in [6.45, 7) is 11.6. The number of hydrogen-bond donors (Lipinski definition) is 0. The van der Waals surface area contributed by atoms with E-state index < -0.39 is 0 Å². The van der Waals surface area contributed by atoms with Gasteiger partial charge in [0.05, 0.1) is 36.8 Å². The van der Waals surface area contributed by atoms with Gasteiger partial charge in [0.15, 0.2) is 5.69 Å². The number of rotatable bonds is 8. The van der Waals surface area contributed by atoms with E-state index in [2.05, 4.69) is 24.3 Å². The number of piperidine rings is 1. The predicted molar refractivity (Wildman–Crippen MR) is 146 cm³/mol. The Morgan fingerprint density at radius 1 is 1.05 bits per heavy atom. The topological polar surface area (TPSA) is 69.7 Å². The number of nitrogens with zero attached hydrogens (tertiary/aromatic N) is 6. The molecule has 8 nitrogen and oxygen atoms in total. The van der Waals surface area contributed by atoms with Gasteiger partial charge in [-0.1, -0.05) is 29.8 Å². The summed E-state index contributed by atoms with van der Waals surface area (Å²) in [6.07, 6.45) is 5.67. The minimum atomic E-state index is 0.118. The number of fused-ring (bicyclic) bond motifs is 1. The number of aromatic nitrogens is 4. The Balaban J connectivity index is 1.08. The molecule has 4 heterocycles. The third-order valence-electron chi connectivity index (χ3n) is 7.26. The van der Waals surface area contributed by atoms with Gasteiger partial charge in [-0.05, 0) is 49.1 Å². The number of ether oxygens (including phenoxy) is 2. The summed E-state index contributed by atoms with van der Waals surface area (Å²) in [5.74, 6) is 2.39. The zero-order chi connectivity index (χ0) is 25.9. The quantitative estimate of drug-likeness (QED) is 0.283. The maximum Gasteiger partial charge on any atom is 0.216 e. The molecule has 2 saturated heterocycles. The summed E-state index contributed by atoms with van der Waals surface area (Å²) in [5, 5.41) is 0.719. The molecule has 2 aliphatic rings. The molecule has 0 spiro atoms. The predicted octanol–water partition coefficient (Wildman–Crippen LogP) is 5.45. The van der Waals surface area contributed by atoms with E-state index in [9.17, 15) is 0 Å². The van der Waals surface area contributed by atoms with Gasteiger partial charge in [-0.15, -0.1) is 0 Å². The monoisotopic (exact) mass is 528 g/mol. The zero-order valence-corrected chi connectivity index (χ0v) is 21.8. The van der Waals surface area contributed by atoms with E-state index in [1.54, 1.807) is 6.20 Å². The molecular weight excluding hydrogens is 500 g/mol. The Kier molecular flexibility index (Phi) is 7.23. The van der Waals surface area contributed by atoms with Gasteiger partial charge in [0.25, 0.3) is 0 Å². The average Bonchev–Trinajstić information content (AvgIpc) is 3.24. The minimum absolute atomic E-state index is 0.118. The lowest BCUT2D eigenvalue weighted by atomic mass is 10.1. The van der Waals surface area contributed by atoms with Crippen LogP contribution in [0.3, 0.4) is 0 Å². The fraction of sp³-hybridized carbons (Fsp3) is 0.379.